The second-order valence-corrected chi connectivity index (χ2v) is 7.23. The van der Waals surface area contributed by atoms with Crippen molar-refractivity contribution in [1.29, 1.82) is 0 Å². The summed E-state index contributed by atoms with van der Waals surface area (Å²) in [6, 6.07) is 5.88. The number of piperidine rings is 1. The number of hydrogen-bond acceptors (Lipinski definition) is 3. The zero-order chi connectivity index (χ0) is 16.3. The van der Waals surface area contributed by atoms with Gasteiger partial charge in [0.15, 0.2) is 5.78 Å². The van der Waals surface area contributed by atoms with Crippen molar-refractivity contribution in [3.05, 3.63) is 29.3 Å². The van der Waals surface area contributed by atoms with Crippen LogP contribution in [0.5, 0.6) is 5.75 Å². The Hall–Kier alpha value is -1.35. The van der Waals surface area contributed by atoms with E-state index < -0.39 is 0 Å². The molecule has 22 heavy (non-hydrogen) atoms. The second kappa shape index (κ2) is 7.28. The molecule has 1 aromatic rings. The zero-order valence-electron chi connectivity index (χ0n) is 14.6. The SMILES string of the molecule is Cc1ccc(OC(C)C)c(C(=O)CN2CC(C)CC(C)C2)c1. The van der Waals surface area contributed by atoms with E-state index in [1.54, 1.807) is 0 Å². The summed E-state index contributed by atoms with van der Waals surface area (Å²) >= 11 is 0. The lowest BCUT2D eigenvalue weighted by Crippen LogP contribution is -2.41. The smallest absolute Gasteiger partial charge is 0.180 e. The molecule has 1 fully saturated rings. The molecule has 0 aromatic heterocycles. The van der Waals surface area contributed by atoms with E-state index in [-0.39, 0.29) is 11.9 Å². The summed E-state index contributed by atoms with van der Waals surface area (Å²) in [7, 11) is 0. The fourth-order valence-electron chi connectivity index (χ4n) is 3.43. The molecule has 3 heteroatoms. The zero-order valence-corrected chi connectivity index (χ0v) is 14.6. The van der Waals surface area contributed by atoms with Gasteiger partial charge in [0.25, 0.3) is 0 Å². The number of hydrogen-bond donors (Lipinski definition) is 0. The molecule has 2 atom stereocenters. The largest absolute Gasteiger partial charge is 0.490 e. The van der Waals surface area contributed by atoms with Crippen LogP contribution < -0.4 is 4.74 Å². The Balaban J connectivity index is 2.13. The molecular formula is C19H29NO2. The van der Waals surface area contributed by atoms with E-state index in [0.29, 0.717) is 24.1 Å². The molecule has 1 aliphatic rings. The maximum atomic E-state index is 12.8. The first-order chi connectivity index (χ1) is 10.3. The van der Waals surface area contributed by atoms with Gasteiger partial charge in [-0.3, -0.25) is 9.69 Å². The van der Waals surface area contributed by atoms with Gasteiger partial charge in [-0.2, -0.15) is 0 Å². The van der Waals surface area contributed by atoms with Gasteiger partial charge in [-0.25, -0.2) is 0 Å². The van der Waals surface area contributed by atoms with Crippen LogP contribution in [0.15, 0.2) is 18.2 Å². The Morgan fingerprint density at radius 1 is 1.27 bits per heavy atom. The number of carbonyl (C=O) groups excluding carboxylic acids is 1. The number of nitrogens with zero attached hydrogens (tertiary/aromatic N) is 1. The topological polar surface area (TPSA) is 29.5 Å². The number of likely N-dealkylation sites (tertiary alicyclic amines) is 1. The lowest BCUT2D eigenvalue weighted by Gasteiger charge is -2.34. The third-order valence-electron chi connectivity index (χ3n) is 4.11. The van der Waals surface area contributed by atoms with E-state index in [9.17, 15) is 4.79 Å². The average molecular weight is 303 g/mol. The van der Waals surface area contributed by atoms with Gasteiger partial charge < -0.3 is 4.74 Å². The van der Waals surface area contributed by atoms with Gasteiger partial charge in [0, 0.05) is 13.1 Å². The molecule has 1 aliphatic heterocycles. The third-order valence-corrected chi connectivity index (χ3v) is 4.11. The Bertz CT molecular complexity index is 514. The first kappa shape index (κ1) is 17.0. The second-order valence-electron chi connectivity index (χ2n) is 7.23. The molecule has 0 N–H and O–H groups in total. The van der Waals surface area contributed by atoms with Crippen LogP contribution in [0, 0.1) is 18.8 Å². The van der Waals surface area contributed by atoms with Crippen molar-refractivity contribution in [2.75, 3.05) is 19.6 Å². The highest BCUT2D eigenvalue weighted by Crippen LogP contribution is 2.24. The number of rotatable bonds is 5. The van der Waals surface area contributed by atoms with E-state index in [1.807, 2.05) is 39.0 Å². The van der Waals surface area contributed by atoms with Crippen LogP contribution in [0.2, 0.25) is 0 Å². The van der Waals surface area contributed by atoms with Gasteiger partial charge in [-0.1, -0.05) is 25.5 Å². The minimum atomic E-state index is 0.0734. The number of ketones is 1. The summed E-state index contributed by atoms with van der Waals surface area (Å²) < 4.78 is 5.81. The van der Waals surface area contributed by atoms with Gasteiger partial charge in [0.05, 0.1) is 18.2 Å². The van der Waals surface area contributed by atoms with Crippen molar-refractivity contribution in [1.82, 2.24) is 4.90 Å². The molecular weight excluding hydrogens is 274 g/mol. The van der Waals surface area contributed by atoms with Crippen LogP contribution in [0.4, 0.5) is 0 Å². The first-order valence-corrected chi connectivity index (χ1v) is 8.38. The quantitative estimate of drug-likeness (QED) is 0.772. The van der Waals surface area contributed by atoms with Crippen molar-refractivity contribution in [2.45, 2.75) is 47.1 Å². The van der Waals surface area contributed by atoms with Crippen molar-refractivity contribution >= 4 is 5.78 Å². The number of Topliss-reactive ketones (excluding diaryl/α,β-unsaturated/α-hetero) is 1. The van der Waals surface area contributed by atoms with E-state index >= 15 is 0 Å². The molecule has 2 unspecified atom stereocenters. The number of ether oxygens (including phenoxy) is 1. The van der Waals surface area contributed by atoms with Gasteiger partial charge in [-0.15, -0.1) is 0 Å². The number of carbonyl (C=O) groups is 1. The molecule has 0 amide bonds. The highest BCUT2D eigenvalue weighted by molar-refractivity contribution is 6.00. The Labute approximate surface area is 134 Å². The molecule has 0 spiro atoms. The van der Waals surface area contributed by atoms with E-state index in [0.717, 1.165) is 24.2 Å². The van der Waals surface area contributed by atoms with Crippen LogP contribution in [-0.2, 0) is 0 Å². The Morgan fingerprint density at radius 3 is 2.50 bits per heavy atom. The molecule has 3 nitrogen and oxygen atoms in total. The van der Waals surface area contributed by atoms with E-state index in [1.165, 1.54) is 6.42 Å². The van der Waals surface area contributed by atoms with Gasteiger partial charge in [0.2, 0.25) is 0 Å². The Kier molecular flexibility index (Phi) is 5.63. The van der Waals surface area contributed by atoms with Gasteiger partial charge in [-0.05, 0) is 51.2 Å². The molecule has 1 heterocycles. The minimum Gasteiger partial charge on any atom is -0.490 e. The van der Waals surface area contributed by atoms with Crippen molar-refractivity contribution < 1.29 is 9.53 Å². The molecule has 0 saturated carbocycles. The van der Waals surface area contributed by atoms with Crippen molar-refractivity contribution in [3.63, 3.8) is 0 Å². The normalized spacial score (nSPS) is 22.8. The summed E-state index contributed by atoms with van der Waals surface area (Å²) in [5.41, 5.74) is 1.82. The highest BCUT2D eigenvalue weighted by atomic mass is 16.5. The summed E-state index contributed by atoms with van der Waals surface area (Å²) in [5, 5.41) is 0. The summed E-state index contributed by atoms with van der Waals surface area (Å²) in [6.45, 7) is 13.1. The van der Waals surface area contributed by atoms with Crippen LogP contribution in [-0.4, -0.2) is 36.4 Å². The van der Waals surface area contributed by atoms with Crippen LogP contribution in [0.3, 0.4) is 0 Å². The van der Waals surface area contributed by atoms with Gasteiger partial charge >= 0.3 is 0 Å². The molecule has 1 aromatic carbocycles. The molecule has 0 aliphatic carbocycles. The predicted octanol–water partition coefficient (Wildman–Crippen LogP) is 3.94. The maximum absolute atomic E-state index is 12.8. The molecule has 0 radical (unpaired) electrons. The first-order valence-electron chi connectivity index (χ1n) is 8.38. The summed E-state index contributed by atoms with van der Waals surface area (Å²) in [5.74, 6) is 2.21. The summed E-state index contributed by atoms with van der Waals surface area (Å²) in [6.07, 6.45) is 1.33. The Morgan fingerprint density at radius 2 is 1.91 bits per heavy atom. The van der Waals surface area contributed by atoms with Crippen LogP contribution in [0.1, 0.15) is 50.0 Å². The van der Waals surface area contributed by atoms with Gasteiger partial charge in [0.1, 0.15) is 5.75 Å². The molecule has 2 rings (SSSR count). The summed E-state index contributed by atoms with van der Waals surface area (Å²) in [4.78, 5) is 15.1. The van der Waals surface area contributed by atoms with Crippen molar-refractivity contribution in [3.8, 4) is 5.75 Å². The standard InChI is InChI=1S/C19H29NO2/c1-13(2)22-19-7-6-14(3)9-17(19)18(21)12-20-10-15(4)8-16(5)11-20/h6-7,9,13,15-16H,8,10-12H2,1-5H3. The molecule has 0 bridgehead atoms. The fourth-order valence-corrected chi connectivity index (χ4v) is 3.43. The average Bonchev–Trinajstić information content (AvgIpc) is 2.39. The lowest BCUT2D eigenvalue weighted by atomic mass is 9.91. The highest BCUT2D eigenvalue weighted by Gasteiger charge is 2.24. The van der Waals surface area contributed by atoms with Crippen LogP contribution in [0.25, 0.3) is 0 Å². The number of aryl methyl sites for hydroxylation is 1. The van der Waals surface area contributed by atoms with E-state index in [2.05, 4.69) is 18.7 Å². The predicted molar refractivity (Wildman–Crippen MR) is 90.7 cm³/mol. The number of benzene rings is 1. The fraction of sp³-hybridized carbons (Fsp3) is 0.632. The lowest BCUT2D eigenvalue weighted by molar-refractivity contribution is 0.0844. The third kappa shape index (κ3) is 4.57. The maximum Gasteiger partial charge on any atom is 0.180 e. The minimum absolute atomic E-state index is 0.0734. The van der Waals surface area contributed by atoms with E-state index in [4.69, 9.17) is 4.74 Å². The van der Waals surface area contributed by atoms with Crippen LogP contribution >= 0.6 is 0 Å². The molecule has 122 valence electrons. The molecule has 1 saturated heterocycles. The van der Waals surface area contributed by atoms with Crippen molar-refractivity contribution in [2.24, 2.45) is 11.8 Å². The monoisotopic (exact) mass is 303 g/mol.